The molecule has 0 spiro atoms. The van der Waals surface area contributed by atoms with Crippen molar-refractivity contribution in [1.29, 1.82) is 0 Å². The van der Waals surface area contributed by atoms with Gasteiger partial charge in [-0.25, -0.2) is 4.79 Å². The number of alkyl halides is 3. The van der Waals surface area contributed by atoms with Crippen LogP contribution >= 0.6 is 34.8 Å². The summed E-state index contributed by atoms with van der Waals surface area (Å²) in [7, 11) is 0. The molecule has 18 heavy (non-hydrogen) atoms. The highest BCUT2D eigenvalue weighted by Crippen LogP contribution is 2.35. The zero-order valence-electron chi connectivity index (χ0n) is 9.95. The first-order chi connectivity index (χ1) is 8.37. The molecule has 2 heterocycles. The lowest BCUT2D eigenvalue weighted by molar-refractivity contribution is 0.0859. The quantitative estimate of drug-likeness (QED) is 0.757. The summed E-state index contributed by atoms with van der Waals surface area (Å²) in [6, 6.07) is 0.575. The van der Waals surface area contributed by atoms with E-state index in [0.29, 0.717) is 0 Å². The molecular weight excluding hydrogens is 298 g/mol. The van der Waals surface area contributed by atoms with Crippen LogP contribution < -0.4 is 5.73 Å². The molecule has 4 nitrogen and oxygen atoms in total. The minimum Gasteiger partial charge on any atom is -0.445 e. The van der Waals surface area contributed by atoms with Crippen LogP contribution in [0.2, 0.25) is 0 Å². The maximum Gasteiger partial charge on any atom is 0.410 e. The van der Waals surface area contributed by atoms with Gasteiger partial charge in [0.05, 0.1) is 0 Å². The zero-order chi connectivity index (χ0) is 13.3. The molecule has 0 aromatic heterocycles. The molecular formula is C11H17Cl3N2O2. The van der Waals surface area contributed by atoms with Crippen LogP contribution in [0.4, 0.5) is 4.79 Å². The van der Waals surface area contributed by atoms with Crippen molar-refractivity contribution in [3.63, 3.8) is 0 Å². The van der Waals surface area contributed by atoms with Gasteiger partial charge in [0.25, 0.3) is 0 Å². The lowest BCUT2D eigenvalue weighted by Gasteiger charge is -2.28. The van der Waals surface area contributed by atoms with Crippen LogP contribution in [-0.2, 0) is 4.74 Å². The number of hydrogen-bond acceptors (Lipinski definition) is 3. The van der Waals surface area contributed by atoms with Gasteiger partial charge < -0.3 is 15.4 Å². The molecule has 0 aromatic rings. The molecule has 2 N–H and O–H groups in total. The molecule has 3 unspecified atom stereocenters. The molecule has 7 heteroatoms. The van der Waals surface area contributed by atoms with E-state index < -0.39 is 3.79 Å². The second kappa shape index (κ2) is 5.61. The third-order valence-corrected chi connectivity index (χ3v) is 3.96. The molecule has 0 radical (unpaired) electrons. The second-order valence-corrected chi connectivity index (χ2v) is 7.55. The summed E-state index contributed by atoms with van der Waals surface area (Å²) in [6.45, 7) is -0.224. The van der Waals surface area contributed by atoms with E-state index in [2.05, 4.69) is 0 Å². The fourth-order valence-electron chi connectivity index (χ4n) is 2.87. The zero-order valence-corrected chi connectivity index (χ0v) is 12.2. The van der Waals surface area contributed by atoms with E-state index in [4.69, 9.17) is 45.3 Å². The van der Waals surface area contributed by atoms with Crippen LogP contribution in [0.25, 0.3) is 0 Å². The van der Waals surface area contributed by atoms with Crippen molar-refractivity contribution in [2.24, 2.45) is 5.73 Å². The number of halogens is 3. The summed E-state index contributed by atoms with van der Waals surface area (Å²) < 4.78 is 3.51. The molecule has 0 saturated carbocycles. The molecule has 2 bridgehead atoms. The predicted octanol–water partition coefficient (Wildman–Crippen LogP) is 2.84. The van der Waals surface area contributed by atoms with Crippen molar-refractivity contribution in [2.45, 2.75) is 54.0 Å². The Morgan fingerprint density at radius 3 is 2.50 bits per heavy atom. The number of nitrogens with zero attached hydrogens (tertiary/aromatic N) is 1. The van der Waals surface area contributed by atoms with E-state index in [1.807, 2.05) is 0 Å². The predicted molar refractivity (Wildman–Crippen MR) is 72.1 cm³/mol. The Morgan fingerprint density at radius 2 is 1.83 bits per heavy atom. The normalized spacial score (nSPS) is 32.2. The van der Waals surface area contributed by atoms with Crippen LogP contribution in [0.15, 0.2) is 0 Å². The first-order valence-corrected chi connectivity index (χ1v) is 7.27. The van der Waals surface area contributed by atoms with Gasteiger partial charge in [-0.15, -0.1) is 0 Å². The third kappa shape index (κ3) is 3.56. The molecule has 1 amide bonds. The topological polar surface area (TPSA) is 55.6 Å². The molecule has 0 aromatic carbocycles. The maximum absolute atomic E-state index is 12.1. The van der Waals surface area contributed by atoms with Crippen molar-refractivity contribution < 1.29 is 9.53 Å². The number of carbonyl (C=O) groups is 1. The smallest absolute Gasteiger partial charge is 0.410 e. The minimum absolute atomic E-state index is 0.170. The Balaban J connectivity index is 1.97. The van der Waals surface area contributed by atoms with Gasteiger partial charge in [0.1, 0.15) is 6.61 Å². The number of amides is 1. The minimum atomic E-state index is -1.56. The lowest BCUT2D eigenvalue weighted by Crippen LogP contribution is -2.42. The summed E-state index contributed by atoms with van der Waals surface area (Å²) in [5, 5.41) is 0. The standard InChI is InChI=1S/C11H17Cl3N2O2/c12-11(13,14)6-18-10(17)16-8-2-1-7(15)5-9(16)4-3-8/h7-9H,1-6,15H2. The van der Waals surface area contributed by atoms with E-state index in [-0.39, 0.29) is 30.8 Å². The van der Waals surface area contributed by atoms with Crippen LogP contribution in [0.3, 0.4) is 0 Å². The van der Waals surface area contributed by atoms with Crippen molar-refractivity contribution in [3.8, 4) is 0 Å². The van der Waals surface area contributed by atoms with E-state index in [9.17, 15) is 4.79 Å². The number of ether oxygens (including phenoxy) is 1. The Bertz CT molecular complexity index is 322. The van der Waals surface area contributed by atoms with Gasteiger partial charge in [-0.2, -0.15) is 0 Å². The van der Waals surface area contributed by atoms with Crippen molar-refractivity contribution in [3.05, 3.63) is 0 Å². The molecule has 2 aliphatic rings. The molecule has 2 rings (SSSR count). The van der Waals surface area contributed by atoms with Crippen molar-refractivity contribution in [1.82, 2.24) is 4.90 Å². The Hall–Kier alpha value is 0.1000. The molecule has 2 saturated heterocycles. The summed E-state index contributed by atoms with van der Waals surface area (Å²) in [6.07, 6.45) is 4.33. The highest BCUT2D eigenvalue weighted by Gasteiger charge is 2.41. The molecule has 3 atom stereocenters. The van der Waals surface area contributed by atoms with Gasteiger partial charge in [0.15, 0.2) is 0 Å². The Morgan fingerprint density at radius 1 is 1.22 bits per heavy atom. The monoisotopic (exact) mass is 314 g/mol. The highest BCUT2D eigenvalue weighted by atomic mass is 35.6. The van der Waals surface area contributed by atoms with Crippen LogP contribution in [0.5, 0.6) is 0 Å². The van der Waals surface area contributed by atoms with Gasteiger partial charge in [0.2, 0.25) is 3.79 Å². The third-order valence-electron chi connectivity index (χ3n) is 3.64. The van der Waals surface area contributed by atoms with E-state index in [1.54, 1.807) is 4.90 Å². The van der Waals surface area contributed by atoms with Gasteiger partial charge >= 0.3 is 6.09 Å². The van der Waals surface area contributed by atoms with Crippen molar-refractivity contribution in [2.75, 3.05) is 6.61 Å². The number of carbonyl (C=O) groups excluding carboxylic acids is 1. The fourth-order valence-corrected chi connectivity index (χ4v) is 3.03. The van der Waals surface area contributed by atoms with E-state index >= 15 is 0 Å². The second-order valence-electron chi connectivity index (χ2n) is 5.04. The average molecular weight is 316 g/mol. The summed E-state index contributed by atoms with van der Waals surface area (Å²) in [5.41, 5.74) is 5.98. The fraction of sp³-hybridized carbons (Fsp3) is 0.909. The number of nitrogens with two attached hydrogens (primary N) is 1. The van der Waals surface area contributed by atoms with Crippen LogP contribution in [0.1, 0.15) is 32.1 Å². The van der Waals surface area contributed by atoms with Gasteiger partial charge in [-0.05, 0) is 32.1 Å². The number of hydrogen-bond donors (Lipinski definition) is 1. The van der Waals surface area contributed by atoms with Crippen LogP contribution in [-0.4, -0.2) is 39.5 Å². The van der Waals surface area contributed by atoms with E-state index in [1.165, 1.54) is 0 Å². The summed E-state index contributed by atoms with van der Waals surface area (Å²) in [5.74, 6) is 0. The van der Waals surface area contributed by atoms with Gasteiger partial charge in [-0.1, -0.05) is 34.8 Å². The molecule has 2 aliphatic heterocycles. The maximum atomic E-state index is 12.1. The molecule has 104 valence electrons. The lowest BCUT2D eigenvalue weighted by atomic mass is 9.98. The molecule has 2 fully saturated rings. The van der Waals surface area contributed by atoms with Gasteiger partial charge in [0, 0.05) is 18.1 Å². The first-order valence-electron chi connectivity index (χ1n) is 6.14. The van der Waals surface area contributed by atoms with E-state index in [0.717, 1.165) is 32.1 Å². The van der Waals surface area contributed by atoms with Crippen molar-refractivity contribution >= 4 is 40.9 Å². The Kier molecular flexibility index (Phi) is 4.52. The summed E-state index contributed by atoms with van der Waals surface area (Å²) >= 11 is 16.7. The molecule has 0 aliphatic carbocycles. The average Bonchev–Trinajstić information content (AvgIpc) is 2.56. The number of fused-ring (bicyclic) bond motifs is 2. The summed E-state index contributed by atoms with van der Waals surface area (Å²) in [4.78, 5) is 13.8. The SMILES string of the molecule is NC1CCC2CCC(C1)N2C(=O)OCC(Cl)(Cl)Cl. The Labute approximate surface area is 122 Å². The largest absolute Gasteiger partial charge is 0.445 e. The van der Waals surface area contributed by atoms with Gasteiger partial charge in [-0.3, -0.25) is 0 Å². The number of rotatable bonds is 1. The van der Waals surface area contributed by atoms with Crippen LogP contribution in [0, 0.1) is 0 Å². The first kappa shape index (κ1) is 14.5. The highest BCUT2D eigenvalue weighted by molar-refractivity contribution is 6.67.